The summed E-state index contributed by atoms with van der Waals surface area (Å²) in [4.78, 5) is 38.9. The van der Waals surface area contributed by atoms with Crippen LogP contribution in [0.25, 0.3) is 11.1 Å². The van der Waals surface area contributed by atoms with Gasteiger partial charge < -0.3 is 25.6 Å². The van der Waals surface area contributed by atoms with E-state index >= 15 is 0 Å². The number of carbonyl (C=O) groups excluding carboxylic acids is 2. The van der Waals surface area contributed by atoms with Crippen LogP contribution in [-0.4, -0.2) is 45.6 Å². The fourth-order valence-corrected chi connectivity index (χ4v) is 4.17. The number of amides is 2. The Bertz CT molecular complexity index is 1290. The average Bonchev–Trinajstić information content (AvgIpc) is 2.86. The molecule has 10 heteroatoms. The number of phenolic OH excluding ortho intramolecular Hbond substituents is 1. The van der Waals surface area contributed by atoms with Crippen molar-refractivity contribution in [2.45, 2.75) is 37.8 Å². The molecule has 4 N–H and O–H groups in total. The van der Waals surface area contributed by atoms with Crippen molar-refractivity contribution in [3.8, 4) is 28.5 Å². The first-order valence-electron chi connectivity index (χ1n) is 11.3. The van der Waals surface area contributed by atoms with Gasteiger partial charge in [-0.1, -0.05) is 18.2 Å². The van der Waals surface area contributed by atoms with Crippen LogP contribution in [0.3, 0.4) is 0 Å². The zero-order valence-corrected chi connectivity index (χ0v) is 19.1. The van der Waals surface area contributed by atoms with Crippen molar-refractivity contribution in [1.82, 2.24) is 15.6 Å². The number of aromatic hydroxyl groups is 1. The smallest absolute Gasteiger partial charge is 0.404 e. The molecule has 1 aliphatic carbocycles. The van der Waals surface area contributed by atoms with Crippen LogP contribution in [0.5, 0.6) is 17.4 Å². The minimum Gasteiger partial charge on any atom is -0.507 e. The van der Waals surface area contributed by atoms with Gasteiger partial charge in [-0.3, -0.25) is 9.59 Å². The minimum absolute atomic E-state index is 0.0703. The number of ether oxygens (including phenoxy) is 1. The van der Waals surface area contributed by atoms with E-state index in [1.807, 2.05) is 0 Å². The molecule has 1 aliphatic rings. The van der Waals surface area contributed by atoms with Crippen molar-refractivity contribution < 1.29 is 33.7 Å². The fraction of sp³-hybridized carbons (Fsp3) is 0.231. The Morgan fingerprint density at radius 2 is 1.69 bits per heavy atom. The summed E-state index contributed by atoms with van der Waals surface area (Å²) >= 11 is 0. The Hall–Kier alpha value is -4.47. The highest BCUT2D eigenvalue weighted by molar-refractivity contribution is 5.96. The molecule has 1 saturated carbocycles. The Kier molecular flexibility index (Phi) is 7.43. The van der Waals surface area contributed by atoms with Gasteiger partial charge in [-0.25, -0.2) is 14.2 Å². The van der Waals surface area contributed by atoms with Gasteiger partial charge in [0.2, 0.25) is 5.88 Å². The van der Waals surface area contributed by atoms with Crippen molar-refractivity contribution in [3.63, 3.8) is 0 Å². The van der Waals surface area contributed by atoms with Crippen LogP contribution in [0.4, 0.5) is 9.18 Å². The number of aldehydes is 1. The summed E-state index contributed by atoms with van der Waals surface area (Å²) in [6.45, 7) is 0. The largest absolute Gasteiger partial charge is 0.507 e. The molecule has 9 nitrogen and oxygen atoms in total. The first-order chi connectivity index (χ1) is 17.3. The van der Waals surface area contributed by atoms with Crippen molar-refractivity contribution >= 4 is 18.3 Å². The number of pyridine rings is 1. The standard InChI is InChI=1S/C26H24FN3O6/c27-18-12-22(24(33)29-19-5-7-20(8-6-19)30-26(34)35)25(28-13-18)36-21-3-1-2-15(11-21)16-4-9-23(32)17(10-16)14-31/h1-4,9-14,19-20,30,32H,5-8H2,(H,29,33)(H,34,35). The van der Waals surface area contributed by atoms with Crippen LogP contribution in [0.1, 0.15) is 46.4 Å². The lowest BCUT2D eigenvalue weighted by Crippen LogP contribution is -2.43. The molecule has 1 aromatic heterocycles. The number of hydrogen-bond acceptors (Lipinski definition) is 6. The highest BCUT2D eigenvalue weighted by atomic mass is 19.1. The van der Waals surface area contributed by atoms with E-state index in [0.29, 0.717) is 48.8 Å². The van der Waals surface area contributed by atoms with Crippen LogP contribution in [-0.2, 0) is 0 Å². The number of aromatic nitrogens is 1. The zero-order chi connectivity index (χ0) is 25.7. The first-order valence-corrected chi connectivity index (χ1v) is 11.3. The monoisotopic (exact) mass is 493 g/mol. The average molecular weight is 493 g/mol. The van der Waals surface area contributed by atoms with Gasteiger partial charge in [-0.2, -0.15) is 0 Å². The molecule has 0 radical (unpaired) electrons. The van der Waals surface area contributed by atoms with E-state index in [2.05, 4.69) is 15.6 Å². The minimum atomic E-state index is -1.08. The second kappa shape index (κ2) is 10.9. The molecule has 3 aromatic rings. The lowest BCUT2D eigenvalue weighted by Gasteiger charge is -2.29. The van der Waals surface area contributed by atoms with E-state index < -0.39 is 17.8 Å². The quantitative estimate of drug-likeness (QED) is 0.355. The van der Waals surface area contributed by atoms with Gasteiger partial charge in [0.25, 0.3) is 5.91 Å². The molecule has 2 amide bonds. The van der Waals surface area contributed by atoms with Crippen LogP contribution >= 0.6 is 0 Å². The molecule has 0 aliphatic heterocycles. The molecule has 0 spiro atoms. The fourth-order valence-electron chi connectivity index (χ4n) is 4.17. The Morgan fingerprint density at radius 3 is 2.39 bits per heavy atom. The van der Waals surface area contributed by atoms with Crippen molar-refractivity contribution in [1.29, 1.82) is 0 Å². The van der Waals surface area contributed by atoms with E-state index in [9.17, 15) is 23.9 Å². The molecule has 0 atom stereocenters. The number of carboxylic acid groups (broad SMARTS) is 1. The third-order valence-corrected chi connectivity index (χ3v) is 5.99. The van der Waals surface area contributed by atoms with Gasteiger partial charge in [-0.15, -0.1) is 0 Å². The maximum absolute atomic E-state index is 14.0. The number of benzene rings is 2. The second-order valence-electron chi connectivity index (χ2n) is 8.50. The number of carbonyl (C=O) groups is 3. The zero-order valence-electron chi connectivity index (χ0n) is 19.1. The van der Waals surface area contributed by atoms with Crippen LogP contribution in [0, 0.1) is 5.82 Å². The number of nitrogens with zero attached hydrogens (tertiary/aromatic N) is 1. The predicted octanol–water partition coefficient (Wildman–Crippen LogP) is 4.51. The predicted molar refractivity (Wildman–Crippen MR) is 128 cm³/mol. The summed E-state index contributed by atoms with van der Waals surface area (Å²) in [5.74, 6) is -1.11. The van der Waals surface area contributed by atoms with Gasteiger partial charge in [0.15, 0.2) is 6.29 Å². The van der Waals surface area contributed by atoms with Crippen LogP contribution in [0.2, 0.25) is 0 Å². The summed E-state index contributed by atoms with van der Waals surface area (Å²) in [6, 6.07) is 12.1. The molecular weight excluding hydrogens is 469 g/mol. The molecule has 0 saturated heterocycles. The third kappa shape index (κ3) is 5.96. The molecule has 2 aromatic carbocycles. The highest BCUT2D eigenvalue weighted by Crippen LogP contribution is 2.30. The Labute approximate surface area is 205 Å². The van der Waals surface area contributed by atoms with Gasteiger partial charge in [0, 0.05) is 12.1 Å². The summed E-state index contributed by atoms with van der Waals surface area (Å²) < 4.78 is 19.8. The van der Waals surface area contributed by atoms with Crippen molar-refractivity contribution in [2.24, 2.45) is 0 Å². The van der Waals surface area contributed by atoms with Crippen molar-refractivity contribution in [2.75, 3.05) is 0 Å². The van der Waals surface area contributed by atoms with Gasteiger partial charge in [0.05, 0.1) is 11.8 Å². The molecule has 0 bridgehead atoms. The molecule has 0 unspecified atom stereocenters. The van der Waals surface area contributed by atoms with Crippen LogP contribution in [0.15, 0.2) is 54.7 Å². The Morgan fingerprint density at radius 1 is 1.00 bits per heavy atom. The molecule has 186 valence electrons. The Balaban J connectivity index is 1.50. The lowest BCUT2D eigenvalue weighted by atomic mass is 9.91. The van der Waals surface area contributed by atoms with Crippen LogP contribution < -0.4 is 15.4 Å². The second-order valence-corrected chi connectivity index (χ2v) is 8.50. The van der Waals surface area contributed by atoms with E-state index in [1.54, 1.807) is 30.3 Å². The summed E-state index contributed by atoms with van der Waals surface area (Å²) in [7, 11) is 0. The normalized spacial score (nSPS) is 17.1. The molecule has 1 fully saturated rings. The first kappa shape index (κ1) is 24.6. The number of halogens is 1. The van der Waals surface area contributed by atoms with Crippen molar-refractivity contribution in [3.05, 3.63) is 71.7 Å². The number of hydrogen-bond donors (Lipinski definition) is 4. The van der Waals surface area contributed by atoms with E-state index in [1.165, 1.54) is 12.1 Å². The van der Waals surface area contributed by atoms with E-state index in [-0.39, 0.29) is 34.8 Å². The van der Waals surface area contributed by atoms with Gasteiger partial charge in [0.1, 0.15) is 22.9 Å². The topological polar surface area (TPSA) is 138 Å². The summed E-state index contributed by atoms with van der Waals surface area (Å²) in [6.07, 6.45) is 2.75. The number of rotatable bonds is 7. The van der Waals surface area contributed by atoms with E-state index in [4.69, 9.17) is 9.84 Å². The molecule has 1 heterocycles. The number of phenols is 1. The third-order valence-electron chi connectivity index (χ3n) is 5.99. The molecule has 36 heavy (non-hydrogen) atoms. The van der Waals surface area contributed by atoms with Gasteiger partial charge >= 0.3 is 6.09 Å². The SMILES string of the molecule is O=Cc1cc(-c2cccc(Oc3ncc(F)cc3C(=O)NC3CCC(NC(=O)O)CC3)c2)ccc1O. The molecule has 4 rings (SSSR count). The maximum atomic E-state index is 14.0. The maximum Gasteiger partial charge on any atom is 0.404 e. The molecular formula is C26H24FN3O6. The van der Waals surface area contributed by atoms with E-state index in [0.717, 1.165) is 12.3 Å². The summed E-state index contributed by atoms with van der Waals surface area (Å²) in [5, 5.41) is 23.9. The lowest BCUT2D eigenvalue weighted by molar-refractivity contribution is 0.0919. The van der Waals surface area contributed by atoms with Gasteiger partial charge in [-0.05, 0) is 67.1 Å². The highest BCUT2D eigenvalue weighted by Gasteiger charge is 2.25. The summed E-state index contributed by atoms with van der Waals surface area (Å²) in [5.41, 5.74) is 1.43. The number of nitrogens with one attached hydrogen (secondary N) is 2.